The number of aliphatic carboxylic acids is 1. The third-order valence-corrected chi connectivity index (χ3v) is 2.68. The summed E-state index contributed by atoms with van der Waals surface area (Å²) in [6.45, 7) is 1.10. The van der Waals surface area contributed by atoms with E-state index in [1.54, 1.807) is 6.92 Å². The summed E-state index contributed by atoms with van der Waals surface area (Å²) in [5, 5.41) is 10.6. The van der Waals surface area contributed by atoms with Crippen LogP contribution in [0.1, 0.15) is 18.1 Å². The average Bonchev–Trinajstić information content (AvgIpc) is 2.35. The summed E-state index contributed by atoms with van der Waals surface area (Å²) in [5.41, 5.74) is -0.166. The highest BCUT2D eigenvalue weighted by atomic mass is 19.4. The van der Waals surface area contributed by atoms with Crippen molar-refractivity contribution in [2.75, 3.05) is 6.54 Å². The summed E-state index contributed by atoms with van der Waals surface area (Å²) < 4.78 is 37.1. The lowest BCUT2D eigenvalue weighted by molar-refractivity contribution is -0.138. The van der Waals surface area contributed by atoms with E-state index in [2.05, 4.69) is 5.32 Å². The van der Waals surface area contributed by atoms with Gasteiger partial charge in [0.25, 0.3) is 0 Å². The second-order valence-electron chi connectivity index (χ2n) is 4.41. The van der Waals surface area contributed by atoms with Crippen LogP contribution in [0.15, 0.2) is 24.3 Å². The van der Waals surface area contributed by atoms with E-state index in [-0.39, 0.29) is 6.42 Å². The van der Waals surface area contributed by atoms with Gasteiger partial charge < -0.3 is 10.4 Å². The lowest BCUT2D eigenvalue weighted by Crippen LogP contribution is -2.34. The minimum atomic E-state index is -4.39. The van der Waals surface area contributed by atoms with Crippen LogP contribution in [0.2, 0.25) is 0 Å². The minimum Gasteiger partial charge on any atom is -0.480 e. The van der Waals surface area contributed by atoms with Crippen molar-refractivity contribution in [3.63, 3.8) is 0 Å². The molecule has 0 aliphatic rings. The Morgan fingerprint density at radius 2 is 1.80 bits per heavy atom. The van der Waals surface area contributed by atoms with Gasteiger partial charge in [-0.25, -0.2) is 0 Å². The van der Waals surface area contributed by atoms with E-state index in [0.29, 0.717) is 5.56 Å². The molecule has 0 aromatic heterocycles. The molecular formula is C13H14F3NO3. The maximum Gasteiger partial charge on any atom is 0.416 e. The van der Waals surface area contributed by atoms with Gasteiger partial charge in [-0.15, -0.1) is 0 Å². The topological polar surface area (TPSA) is 66.4 Å². The van der Waals surface area contributed by atoms with Crippen LogP contribution >= 0.6 is 0 Å². The minimum absolute atomic E-state index is 0.240. The smallest absolute Gasteiger partial charge is 0.416 e. The van der Waals surface area contributed by atoms with Crippen molar-refractivity contribution in [2.45, 2.75) is 19.5 Å². The number of hydrogen-bond donors (Lipinski definition) is 2. The van der Waals surface area contributed by atoms with Crippen LogP contribution in [0.5, 0.6) is 0 Å². The Morgan fingerprint density at radius 1 is 1.25 bits per heavy atom. The highest BCUT2D eigenvalue weighted by molar-refractivity contribution is 5.82. The van der Waals surface area contributed by atoms with Crippen molar-refractivity contribution in [3.05, 3.63) is 35.4 Å². The fraction of sp³-hybridized carbons (Fsp3) is 0.385. The van der Waals surface area contributed by atoms with Gasteiger partial charge in [0, 0.05) is 5.92 Å². The van der Waals surface area contributed by atoms with E-state index < -0.39 is 36.1 Å². The lowest BCUT2D eigenvalue weighted by Gasteiger charge is -2.12. The molecule has 7 heteroatoms. The number of hydrogen-bond acceptors (Lipinski definition) is 2. The molecule has 2 N–H and O–H groups in total. The number of carbonyl (C=O) groups excluding carboxylic acids is 1. The predicted molar refractivity (Wildman–Crippen MR) is 65.0 cm³/mol. The number of amides is 1. The van der Waals surface area contributed by atoms with Crippen LogP contribution in [0, 0.1) is 5.92 Å². The fourth-order valence-electron chi connectivity index (χ4n) is 1.61. The maximum absolute atomic E-state index is 12.4. The number of carbonyl (C=O) groups is 2. The Hall–Kier alpha value is -2.05. The van der Waals surface area contributed by atoms with Gasteiger partial charge in [-0.1, -0.05) is 19.1 Å². The van der Waals surface area contributed by atoms with Crippen molar-refractivity contribution in [2.24, 2.45) is 5.92 Å². The molecule has 1 amide bonds. The van der Waals surface area contributed by atoms with E-state index in [1.165, 1.54) is 12.1 Å². The molecule has 110 valence electrons. The molecule has 1 atom stereocenters. The second kappa shape index (κ2) is 6.40. The molecule has 0 heterocycles. The van der Waals surface area contributed by atoms with E-state index >= 15 is 0 Å². The molecular weight excluding hydrogens is 275 g/mol. The number of nitrogens with one attached hydrogen (secondary N) is 1. The first-order valence-corrected chi connectivity index (χ1v) is 5.86. The molecule has 20 heavy (non-hydrogen) atoms. The zero-order chi connectivity index (χ0) is 15.3. The SMILES string of the molecule is CC(Cc1ccc(C(F)(F)F)cc1)C(=O)NCC(=O)O. The standard InChI is InChI=1S/C13H14F3NO3/c1-8(12(20)17-7-11(18)19)6-9-2-4-10(5-3-9)13(14,15)16/h2-5,8H,6-7H2,1H3,(H,17,20)(H,18,19). The molecule has 0 saturated carbocycles. The highest BCUT2D eigenvalue weighted by Gasteiger charge is 2.30. The summed E-state index contributed by atoms with van der Waals surface area (Å²) in [6.07, 6.45) is -4.15. The van der Waals surface area contributed by atoms with Crippen molar-refractivity contribution in [3.8, 4) is 0 Å². The molecule has 1 aromatic carbocycles. The summed E-state index contributed by atoms with van der Waals surface area (Å²) in [7, 11) is 0. The first-order valence-electron chi connectivity index (χ1n) is 5.86. The quantitative estimate of drug-likeness (QED) is 0.872. The number of benzene rings is 1. The van der Waals surface area contributed by atoms with Gasteiger partial charge in [0.2, 0.25) is 5.91 Å². The van der Waals surface area contributed by atoms with Gasteiger partial charge in [0.05, 0.1) is 5.56 Å². The molecule has 0 aliphatic carbocycles. The van der Waals surface area contributed by atoms with Crippen molar-refractivity contribution < 1.29 is 27.9 Å². The summed E-state index contributed by atoms with van der Waals surface area (Å²) in [6, 6.07) is 4.53. The van der Waals surface area contributed by atoms with Gasteiger partial charge in [-0.2, -0.15) is 13.2 Å². The van der Waals surface area contributed by atoms with Crippen LogP contribution in [0.3, 0.4) is 0 Å². The number of carboxylic acid groups (broad SMARTS) is 1. The Bertz CT molecular complexity index is 483. The fourth-order valence-corrected chi connectivity index (χ4v) is 1.61. The Morgan fingerprint density at radius 3 is 2.25 bits per heavy atom. The van der Waals surface area contributed by atoms with Crippen LogP contribution in [-0.2, 0) is 22.2 Å². The number of carboxylic acids is 1. The van der Waals surface area contributed by atoms with E-state index in [4.69, 9.17) is 5.11 Å². The third-order valence-electron chi connectivity index (χ3n) is 2.68. The molecule has 0 saturated heterocycles. The zero-order valence-corrected chi connectivity index (χ0v) is 10.7. The van der Waals surface area contributed by atoms with Crippen molar-refractivity contribution >= 4 is 11.9 Å². The normalized spacial score (nSPS) is 12.8. The first-order chi connectivity index (χ1) is 9.20. The second-order valence-corrected chi connectivity index (χ2v) is 4.41. The van der Waals surface area contributed by atoms with Gasteiger partial charge in [0.15, 0.2) is 0 Å². The van der Waals surface area contributed by atoms with Crippen LogP contribution in [-0.4, -0.2) is 23.5 Å². The molecule has 4 nitrogen and oxygen atoms in total. The predicted octanol–water partition coefficient (Wildman–Crippen LogP) is 2.08. The molecule has 0 aliphatic heterocycles. The van der Waals surface area contributed by atoms with Gasteiger partial charge in [0.1, 0.15) is 6.54 Å². The lowest BCUT2D eigenvalue weighted by atomic mass is 9.99. The summed E-state index contributed by atoms with van der Waals surface area (Å²) in [4.78, 5) is 21.8. The third kappa shape index (κ3) is 4.91. The Balaban J connectivity index is 2.60. The van der Waals surface area contributed by atoms with Gasteiger partial charge in [-0.05, 0) is 24.1 Å². The van der Waals surface area contributed by atoms with Crippen LogP contribution in [0.4, 0.5) is 13.2 Å². The maximum atomic E-state index is 12.4. The van der Waals surface area contributed by atoms with Gasteiger partial charge >= 0.3 is 12.1 Å². The Kier molecular flexibility index (Phi) is 5.12. The number of halogens is 3. The zero-order valence-electron chi connectivity index (χ0n) is 10.7. The van der Waals surface area contributed by atoms with Crippen LogP contribution in [0.25, 0.3) is 0 Å². The molecule has 0 radical (unpaired) electrons. The molecule has 1 rings (SSSR count). The number of alkyl halides is 3. The van der Waals surface area contributed by atoms with Crippen molar-refractivity contribution in [1.82, 2.24) is 5.32 Å². The monoisotopic (exact) mass is 289 g/mol. The average molecular weight is 289 g/mol. The number of rotatable bonds is 5. The summed E-state index contributed by atoms with van der Waals surface area (Å²) >= 11 is 0. The summed E-state index contributed by atoms with van der Waals surface area (Å²) in [5.74, 6) is -2.13. The Labute approximate surface area is 113 Å². The molecule has 0 spiro atoms. The first kappa shape index (κ1) is 16.0. The van der Waals surface area contributed by atoms with Crippen LogP contribution < -0.4 is 5.32 Å². The van der Waals surface area contributed by atoms with Gasteiger partial charge in [-0.3, -0.25) is 9.59 Å². The molecule has 1 unspecified atom stereocenters. The molecule has 0 fully saturated rings. The highest BCUT2D eigenvalue weighted by Crippen LogP contribution is 2.29. The molecule has 1 aromatic rings. The molecule has 0 bridgehead atoms. The van der Waals surface area contributed by atoms with E-state index in [1.807, 2.05) is 0 Å². The van der Waals surface area contributed by atoms with E-state index in [9.17, 15) is 22.8 Å². The largest absolute Gasteiger partial charge is 0.480 e. The van der Waals surface area contributed by atoms with Crippen molar-refractivity contribution in [1.29, 1.82) is 0 Å². The van der Waals surface area contributed by atoms with E-state index in [0.717, 1.165) is 12.1 Å².